The lowest BCUT2D eigenvalue weighted by molar-refractivity contribution is 0.0904. The van der Waals surface area contributed by atoms with Crippen molar-refractivity contribution in [3.05, 3.63) is 35.4 Å². The molecule has 2 atom stereocenters. The Morgan fingerprint density at radius 2 is 2.15 bits per heavy atom. The molecule has 0 bridgehead atoms. The van der Waals surface area contributed by atoms with Crippen molar-refractivity contribution in [2.75, 3.05) is 6.54 Å². The number of amides is 1. The molecule has 1 aromatic rings. The summed E-state index contributed by atoms with van der Waals surface area (Å²) in [7, 11) is 0. The van der Waals surface area contributed by atoms with Crippen molar-refractivity contribution in [3.63, 3.8) is 0 Å². The van der Waals surface area contributed by atoms with Crippen LogP contribution in [0.25, 0.3) is 0 Å². The van der Waals surface area contributed by atoms with Gasteiger partial charge in [-0.1, -0.05) is 38.3 Å². The maximum atomic E-state index is 12.4. The van der Waals surface area contributed by atoms with Gasteiger partial charge in [-0.3, -0.25) is 4.79 Å². The van der Waals surface area contributed by atoms with Gasteiger partial charge in [0.2, 0.25) is 0 Å². The number of benzene rings is 1. The van der Waals surface area contributed by atoms with Gasteiger partial charge < -0.3 is 11.1 Å². The third-order valence-electron chi connectivity index (χ3n) is 4.37. The van der Waals surface area contributed by atoms with E-state index in [1.807, 2.05) is 24.3 Å². The molecule has 3 nitrogen and oxygen atoms in total. The molecule has 1 aliphatic rings. The minimum atomic E-state index is 0.0641. The number of carbonyl (C=O) groups excluding carboxylic acids is 1. The van der Waals surface area contributed by atoms with Crippen LogP contribution in [0.4, 0.5) is 0 Å². The molecule has 3 heteroatoms. The van der Waals surface area contributed by atoms with Crippen LogP contribution in [0.2, 0.25) is 0 Å². The highest BCUT2D eigenvalue weighted by molar-refractivity contribution is 5.94. The SMILES string of the molecule is CCC1CCCCC1NC(=O)c1cccc(CCN)c1. The summed E-state index contributed by atoms with van der Waals surface area (Å²) in [6.45, 7) is 2.84. The summed E-state index contributed by atoms with van der Waals surface area (Å²) in [6, 6.07) is 8.17. The molecule has 110 valence electrons. The van der Waals surface area contributed by atoms with E-state index in [4.69, 9.17) is 5.73 Å². The Kier molecular flexibility index (Phi) is 5.60. The zero-order chi connectivity index (χ0) is 14.4. The first-order valence-electron chi connectivity index (χ1n) is 7.84. The number of hydrogen-bond acceptors (Lipinski definition) is 2. The van der Waals surface area contributed by atoms with Gasteiger partial charge in [-0.05, 0) is 49.4 Å². The quantitative estimate of drug-likeness (QED) is 0.867. The second kappa shape index (κ2) is 7.44. The van der Waals surface area contributed by atoms with E-state index in [0.717, 1.165) is 30.4 Å². The molecule has 1 saturated carbocycles. The molecule has 0 heterocycles. The summed E-state index contributed by atoms with van der Waals surface area (Å²) in [5, 5.41) is 3.24. The monoisotopic (exact) mass is 274 g/mol. The van der Waals surface area contributed by atoms with Crippen LogP contribution in [0.15, 0.2) is 24.3 Å². The van der Waals surface area contributed by atoms with Crippen LogP contribution in [0.5, 0.6) is 0 Å². The smallest absolute Gasteiger partial charge is 0.251 e. The van der Waals surface area contributed by atoms with Gasteiger partial charge in [-0.2, -0.15) is 0 Å². The Hall–Kier alpha value is -1.35. The average Bonchev–Trinajstić information content (AvgIpc) is 2.48. The van der Waals surface area contributed by atoms with Crippen molar-refractivity contribution in [3.8, 4) is 0 Å². The van der Waals surface area contributed by atoms with E-state index in [1.54, 1.807) is 0 Å². The van der Waals surface area contributed by atoms with Crippen molar-refractivity contribution in [1.82, 2.24) is 5.32 Å². The molecular formula is C17H26N2O. The summed E-state index contributed by atoms with van der Waals surface area (Å²) in [4.78, 5) is 12.4. The van der Waals surface area contributed by atoms with E-state index < -0.39 is 0 Å². The fraction of sp³-hybridized carbons (Fsp3) is 0.588. The Labute approximate surface area is 121 Å². The number of nitrogens with one attached hydrogen (secondary N) is 1. The molecule has 2 unspecified atom stereocenters. The molecule has 0 aromatic heterocycles. The number of carbonyl (C=O) groups is 1. The second-order valence-corrected chi connectivity index (χ2v) is 5.77. The van der Waals surface area contributed by atoms with Crippen LogP contribution in [0.1, 0.15) is 54.9 Å². The minimum absolute atomic E-state index is 0.0641. The van der Waals surface area contributed by atoms with Gasteiger partial charge in [0, 0.05) is 11.6 Å². The van der Waals surface area contributed by atoms with Crippen molar-refractivity contribution < 1.29 is 4.79 Å². The van der Waals surface area contributed by atoms with Crippen LogP contribution in [-0.2, 0) is 6.42 Å². The Bertz CT molecular complexity index is 444. The predicted octanol–water partition coefficient (Wildman–Crippen LogP) is 2.89. The van der Waals surface area contributed by atoms with Gasteiger partial charge in [0.25, 0.3) is 5.91 Å². The predicted molar refractivity (Wildman–Crippen MR) is 82.7 cm³/mol. The summed E-state index contributed by atoms with van der Waals surface area (Å²) in [5.41, 5.74) is 7.47. The van der Waals surface area contributed by atoms with E-state index in [-0.39, 0.29) is 5.91 Å². The summed E-state index contributed by atoms with van der Waals surface area (Å²) in [6.07, 6.45) is 6.87. The molecule has 20 heavy (non-hydrogen) atoms. The van der Waals surface area contributed by atoms with Crippen LogP contribution < -0.4 is 11.1 Å². The molecule has 2 rings (SSSR count). The van der Waals surface area contributed by atoms with E-state index >= 15 is 0 Å². The molecule has 1 aliphatic carbocycles. The normalized spacial score (nSPS) is 22.5. The number of rotatable bonds is 5. The summed E-state index contributed by atoms with van der Waals surface area (Å²) in [5.74, 6) is 0.703. The largest absolute Gasteiger partial charge is 0.349 e. The Morgan fingerprint density at radius 3 is 2.90 bits per heavy atom. The molecule has 1 fully saturated rings. The molecule has 0 spiro atoms. The minimum Gasteiger partial charge on any atom is -0.349 e. The molecule has 3 N–H and O–H groups in total. The van der Waals surface area contributed by atoms with Crippen molar-refractivity contribution in [1.29, 1.82) is 0 Å². The van der Waals surface area contributed by atoms with E-state index in [1.165, 1.54) is 19.3 Å². The first kappa shape index (κ1) is 15.0. The van der Waals surface area contributed by atoms with Gasteiger partial charge in [-0.15, -0.1) is 0 Å². The van der Waals surface area contributed by atoms with Crippen molar-refractivity contribution in [2.45, 2.75) is 51.5 Å². The molecule has 1 amide bonds. The maximum absolute atomic E-state index is 12.4. The summed E-state index contributed by atoms with van der Waals surface area (Å²) < 4.78 is 0. The maximum Gasteiger partial charge on any atom is 0.251 e. The topological polar surface area (TPSA) is 55.1 Å². The van der Waals surface area contributed by atoms with Crippen molar-refractivity contribution in [2.24, 2.45) is 11.7 Å². The highest BCUT2D eigenvalue weighted by Crippen LogP contribution is 2.27. The van der Waals surface area contributed by atoms with Gasteiger partial charge >= 0.3 is 0 Å². The zero-order valence-corrected chi connectivity index (χ0v) is 12.4. The first-order chi connectivity index (χ1) is 9.74. The number of hydrogen-bond donors (Lipinski definition) is 2. The third-order valence-corrected chi connectivity index (χ3v) is 4.37. The van der Waals surface area contributed by atoms with Gasteiger partial charge in [-0.25, -0.2) is 0 Å². The molecule has 1 aromatic carbocycles. The zero-order valence-electron chi connectivity index (χ0n) is 12.4. The molecule has 0 aliphatic heterocycles. The lowest BCUT2D eigenvalue weighted by atomic mass is 9.83. The Balaban J connectivity index is 2.01. The highest BCUT2D eigenvalue weighted by atomic mass is 16.1. The van der Waals surface area contributed by atoms with Crippen LogP contribution in [0.3, 0.4) is 0 Å². The van der Waals surface area contributed by atoms with Gasteiger partial charge in [0.05, 0.1) is 0 Å². The summed E-state index contributed by atoms with van der Waals surface area (Å²) >= 11 is 0. The second-order valence-electron chi connectivity index (χ2n) is 5.77. The first-order valence-corrected chi connectivity index (χ1v) is 7.84. The number of nitrogens with two attached hydrogens (primary N) is 1. The van der Waals surface area contributed by atoms with E-state index in [2.05, 4.69) is 12.2 Å². The van der Waals surface area contributed by atoms with E-state index in [9.17, 15) is 4.79 Å². The lowest BCUT2D eigenvalue weighted by Crippen LogP contribution is -2.41. The fourth-order valence-electron chi connectivity index (χ4n) is 3.17. The van der Waals surface area contributed by atoms with Crippen LogP contribution in [0, 0.1) is 5.92 Å². The molecule has 0 saturated heterocycles. The van der Waals surface area contributed by atoms with Crippen LogP contribution in [-0.4, -0.2) is 18.5 Å². The standard InChI is InChI=1S/C17H26N2O/c1-2-14-7-3-4-9-16(14)19-17(20)15-8-5-6-13(12-15)10-11-18/h5-6,8,12,14,16H,2-4,7,9-11,18H2,1H3,(H,19,20). The molecule has 0 radical (unpaired) electrons. The van der Waals surface area contributed by atoms with Gasteiger partial charge in [0.1, 0.15) is 0 Å². The highest BCUT2D eigenvalue weighted by Gasteiger charge is 2.25. The average molecular weight is 274 g/mol. The lowest BCUT2D eigenvalue weighted by Gasteiger charge is -2.31. The fourth-order valence-corrected chi connectivity index (χ4v) is 3.17. The molecular weight excluding hydrogens is 248 g/mol. The Morgan fingerprint density at radius 1 is 1.35 bits per heavy atom. The van der Waals surface area contributed by atoms with Crippen LogP contribution >= 0.6 is 0 Å². The van der Waals surface area contributed by atoms with Gasteiger partial charge in [0.15, 0.2) is 0 Å². The van der Waals surface area contributed by atoms with Crippen molar-refractivity contribution >= 4 is 5.91 Å². The van der Waals surface area contributed by atoms with E-state index in [0.29, 0.717) is 18.5 Å². The third kappa shape index (κ3) is 3.83.